The third kappa shape index (κ3) is 2.31. The molecule has 81 valence electrons. The standard InChI is InChI=1S/C15H17N/c1-13(2)16(14-9-5-3-6-10-14)15-11-7-4-8-12-15/h3-13H,1-2H3/q+1. The molecule has 0 heterocycles. The van der Waals surface area contributed by atoms with Crippen LogP contribution in [0.3, 0.4) is 0 Å². The number of nitrogens with zero attached hydrogens (tertiary/aromatic N) is 1. The Hall–Kier alpha value is -1.60. The van der Waals surface area contributed by atoms with Gasteiger partial charge >= 0.3 is 0 Å². The summed E-state index contributed by atoms with van der Waals surface area (Å²) in [6.07, 6.45) is 0. The van der Waals surface area contributed by atoms with E-state index in [0.717, 1.165) is 0 Å². The zero-order valence-electron chi connectivity index (χ0n) is 9.80. The monoisotopic (exact) mass is 211 g/mol. The van der Waals surface area contributed by atoms with Crippen molar-refractivity contribution in [2.75, 3.05) is 0 Å². The van der Waals surface area contributed by atoms with E-state index in [-0.39, 0.29) is 0 Å². The molecule has 0 unspecified atom stereocenters. The molecule has 2 aromatic carbocycles. The van der Waals surface area contributed by atoms with E-state index >= 15 is 0 Å². The van der Waals surface area contributed by atoms with Gasteiger partial charge in [-0.1, -0.05) is 41.3 Å². The average molecular weight is 211 g/mol. The lowest BCUT2D eigenvalue weighted by atomic mass is 10.2. The lowest BCUT2D eigenvalue weighted by molar-refractivity contribution is 0.572. The Morgan fingerprint density at radius 3 is 1.38 bits per heavy atom. The summed E-state index contributed by atoms with van der Waals surface area (Å²) < 4.78 is 0. The highest BCUT2D eigenvalue weighted by Crippen LogP contribution is 2.26. The van der Waals surface area contributed by atoms with Gasteiger partial charge in [0.15, 0.2) is 11.4 Å². The van der Waals surface area contributed by atoms with Crippen molar-refractivity contribution < 1.29 is 0 Å². The minimum Gasteiger partial charge on any atom is -0.0950 e. The van der Waals surface area contributed by atoms with Gasteiger partial charge in [-0.25, -0.2) is 0 Å². The van der Waals surface area contributed by atoms with Crippen molar-refractivity contribution in [2.24, 2.45) is 0 Å². The van der Waals surface area contributed by atoms with Gasteiger partial charge in [0.2, 0.25) is 0 Å². The van der Waals surface area contributed by atoms with Crippen LogP contribution < -0.4 is 4.90 Å². The normalized spacial score (nSPS) is 11.0. The molecule has 0 saturated heterocycles. The molecule has 0 aliphatic carbocycles. The largest absolute Gasteiger partial charge is 0.186 e. The summed E-state index contributed by atoms with van der Waals surface area (Å²) in [6.45, 7) is 4.42. The molecule has 1 nitrogen and oxygen atoms in total. The molecular formula is C15H17N+. The second-order valence-corrected chi connectivity index (χ2v) is 4.13. The molecule has 0 N–H and O–H groups in total. The van der Waals surface area contributed by atoms with Crippen LogP contribution in [0, 0.1) is 0 Å². The van der Waals surface area contributed by atoms with Crippen molar-refractivity contribution in [1.82, 2.24) is 4.90 Å². The molecule has 0 spiro atoms. The third-order valence-electron chi connectivity index (χ3n) is 2.59. The van der Waals surface area contributed by atoms with Crippen LogP contribution in [0.15, 0.2) is 60.7 Å². The summed E-state index contributed by atoms with van der Waals surface area (Å²) in [4.78, 5) is 2.33. The van der Waals surface area contributed by atoms with Gasteiger partial charge in [-0.3, -0.25) is 0 Å². The Balaban J connectivity index is 2.40. The fourth-order valence-electron chi connectivity index (χ4n) is 1.92. The van der Waals surface area contributed by atoms with E-state index in [1.165, 1.54) is 11.4 Å². The van der Waals surface area contributed by atoms with E-state index < -0.39 is 0 Å². The molecule has 1 radical (unpaired) electrons. The Kier molecular flexibility index (Phi) is 3.37. The molecule has 0 saturated carbocycles. The molecule has 2 aromatic rings. The number of anilines is 2. The van der Waals surface area contributed by atoms with Gasteiger partial charge in [0, 0.05) is 24.3 Å². The van der Waals surface area contributed by atoms with Crippen LogP contribution in [0.25, 0.3) is 0 Å². The third-order valence-corrected chi connectivity index (χ3v) is 2.59. The Bertz CT molecular complexity index is 380. The lowest BCUT2D eigenvalue weighted by Gasteiger charge is -2.14. The highest BCUT2D eigenvalue weighted by atomic mass is 15.2. The van der Waals surface area contributed by atoms with Crippen molar-refractivity contribution in [3.8, 4) is 0 Å². The molecular weight excluding hydrogens is 194 g/mol. The Morgan fingerprint density at radius 2 is 1.06 bits per heavy atom. The maximum atomic E-state index is 2.33. The molecule has 0 fully saturated rings. The first-order chi connectivity index (χ1) is 7.79. The molecule has 1 heteroatoms. The number of para-hydroxylation sites is 2. The van der Waals surface area contributed by atoms with Crippen molar-refractivity contribution >= 4 is 11.4 Å². The second kappa shape index (κ2) is 4.95. The van der Waals surface area contributed by atoms with E-state index in [4.69, 9.17) is 0 Å². The van der Waals surface area contributed by atoms with Crippen LogP contribution >= 0.6 is 0 Å². The summed E-state index contributed by atoms with van der Waals surface area (Å²) in [5.41, 5.74) is 2.48. The van der Waals surface area contributed by atoms with E-state index in [1.807, 2.05) is 12.1 Å². The topological polar surface area (TPSA) is 5.90 Å². The SMILES string of the molecule is CC(C)[N+](c1ccccc1)c1ccccc1. The molecule has 2 rings (SSSR count). The van der Waals surface area contributed by atoms with Crippen LogP contribution in [-0.4, -0.2) is 6.04 Å². The maximum absolute atomic E-state index is 2.33. The smallest absolute Gasteiger partial charge is 0.0950 e. The van der Waals surface area contributed by atoms with Crippen LogP contribution in [0.1, 0.15) is 13.8 Å². The van der Waals surface area contributed by atoms with Gasteiger partial charge < -0.3 is 0 Å². The summed E-state index contributed by atoms with van der Waals surface area (Å²) in [6, 6.07) is 21.4. The fourth-order valence-corrected chi connectivity index (χ4v) is 1.92. The zero-order chi connectivity index (χ0) is 11.4. The van der Waals surface area contributed by atoms with Gasteiger partial charge in [0.25, 0.3) is 0 Å². The van der Waals surface area contributed by atoms with E-state index in [2.05, 4.69) is 67.3 Å². The summed E-state index contributed by atoms with van der Waals surface area (Å²) >= 11 is 0. The van der Waals surface area contributed by atoms with Crippen LogP contribution in [-0.2, 0) is 0 Å². The van der Waals surface area contributed by atoms with Gasteiger partial charge in [-0.15, -0.1) is 0 Å². The predicted molar refractivity (Wildman–Crippen MR) is 69.5 cm³/mol. The van der Waals surface area contributed by atoms with Crippen molar-refractivity contribution in [3.05, 3.63) is 60.7 Å². The minimum absolute atomic E-state index is 0.449. The van der Waals surface area contributed by atoms with Crippen LogP contribution in [0.4, 0.5) is 11.4 Å². The summed E-state index contributed by atoms with van der Waals surface area (Å²) in [7, 11) is 0. The Labute approximate surface area is 97.3 Å². The number of hydrogen-bond donors (Lipinski definition) is 0. The van der Waals surface area contributed by atoms with Crippen molar-refractivity contribution in [1.29, 1.82) is 0 Å². The molecule has 0 atom stereocenters. The highest BCUT2D eigenvalue weighted by Gasteiger charge is 2.25. The molecule has 0 aromatic heterocycles. The molecule has 0 bridgehead atoms. The molecule has 16 heavy (non-hydrogen) atoms. The maximum Gasteiger partial charge on any atom is 0.186 e. The Morgan fingerprint density at radius 1 is 0.688 bits per heavy atom. The van der Waals surface area contributed by atoms with Gasteiger partial charge in [-0.2, -0.15) is 0 Å². The summed E-state index contributed by atoms with van der Waals surface area (Å²) in [5.74, 6) is 0. The van der Waals surface area contributed by atoms with Gasteiger partial charge in [-0.05, 0) is 13.8 Å². The van der Waals surface area contributed by atoms with Crippen molar-refractivity contribution in [3.63, 3.8) is 0 Å². The highest BCUT2D eigenvalue weighted by molar-refractivity contribution is 5.53. The number of rotatable bonds is 3. The predicted octanol–water partition coefficient (Wildman–Crippen LogP) is 4.20. The zero-order valence-corrected chi connectivity index (χ0v) is 9.80. The van der Waals surface area contributed by atoms with Gasteiger partial charge in [0.05, 0.1) is 0 Å². The number of hydrogen-bond acceptors (Lipinski definition) is 1. The number of benzene rings is 2. The van der Waals surface area contributed by atoms with Crippen LogP contribution in [0.5, 0.6) is 0 Å². The van der Waals surface area contributed by atoms with E-state index in [9.17, 15) is 0 Å². The van der Waals surface area contributed by atoms with Crippen LogP contribution in [0.2, 0.25) is 0 Å². The minimum atomic E-state index is 0.449. The van der Waals surface area contributed by atoms with E-state index in [1.54, 1.807) is 0 Å². The molecule has 0 aliphatic heterocycles. The fraction of sp³-hybridized carbons (Fsp3) is 0.200. The summed E-state index contributed by atoms with van der Waals surface area (Å²) in [5, 5.41) is 0. The lowest BCUT2D eigenvalue weighted by Crippen LogP contribution is -2.26. The van der Waals surface area contributed by atoms with Gasteiger partial charge in [0.1, 0.15) is 6.04 Å². The first-order valence-electron chi connectivity index (χ1n) is 5.68. The quantitative estimate of drug-likeness (QED) is 0.671. The first-order valence-corrected chi connectivity index (χ1v) is 5.68. The molecule has 0 aliphatic rings. The van der Waals surface area contributed by atoms with E-state index in [0.29, 0.717) is 6.04 Å². The van der Waals surface area contributed by atoms with Crippen molar-refractivity contribution in [2.45, 2.75) is 19.9 Å². The first kappa shape index (κ1) is 10.9. The average Bonchev–Trinajstić information content (AvgIpc) is 2.31. The molecule has 0 amide bonds. The second-order valence-electron chi connectivity index (χ2n) is 4.13.